The number of rotatable bonds is 8. The third-order valence-corrected chi connectivity index (χ3v) is 5.42. The molecule has 0 aliphatic rings. The Labute approximate surface area is 193 Å². The lowest BCUT2D eigenvalue weighted by atomic mass is 10.0. The van der Waals surface area contributed by atoms with Crippen LogP contribution in [-0.4, -0.2) is 16.7 Å². The lowest BCUT2D eigenvalue weighted by Crippen LogP contribution is -2.13. The molecule has 0 bridgehead atoms. The molecule has 1 amide bonds. The van der Waals surface area contributed by atoms with Gasteiger partial charge in [0.05, 0.1) is 11.4 Å². The van der Waals surface area contributed by atoms with Crippen LogP contribution in [0.5, 0.6) is 0 Å². The Morgan fingerprint density at radius 1 is 0.818 bits per heavy atom. The zero-order valence-corrected chi connectivity index (χ0v) is 18.2. The highest BCUT2D eigenvalue weighted by Gasteiger charge is 2.11. The van der Waals surface area contributed by atoms with E-state index in [-0.39, 0.29) is 11.7 Å². The van der Waals surface area contributed by atoms with E-state index in [1.807, 2.05) is 72.8 Å². The van der Waals surface area contributed by atoms with E-state index in [1.165, 1.54) is 0 Å². The Kier molecular flexibility index (Phi) is 6.90. The van der Waals surface area contributed by atoms with Crippen molar-refractivity contribution < 1.29 is 9.59 Å². The number of nitrogens with zero attached hydrogens (tertiary/aromatic N) is 1. The Hall–Kier alpha value is -4.25. The van der Waals surface area contributed by atoms with Crippen molar-refractivity contribution in [2.75, 3.05) is 11.1 Å². The van der Waals surface area contributed by atoms with Gasteiger partial charge in [-0.15, -0.1) is 0 Å². The molecule has 0 saturated heterocycles. The number of nitrogen functional groups attached to an aromatic ring is 1. The number of benzene rings is 3. The number of nitrogens with two attached hydrogens (primary N) is 1. The van der Waals surface area contributed by atoms with Crippen LogP contribution in [0.25, 0.3) is 11.1 Å². The molecule has 4 rings (SSSR count). The van der Waals surface area contributed by atoms with Crippen LogP contribution in [-0.2, 0) is 17.6 Å². The van der Waals surface area contributed by atoms with Gasteiger partial charge in [-0.05, 0) is 59.5 Å². The minimum atomic E-state index is -0.232. The molecule has 1 heterocycles. The van der Waals surface area contributed by atoms with Crippen LogP contribution >= 0.6 is 0 Å². The molecule has 0 unspecified atom stereocenters. The van der Waals surface area contributed by atoms with Crippen molar-refractivity contribution in [1.82, 2.24) is 4.98 Å². The number of aromatic nitrogens is 1. The Morgan fingerprint density at radius 3 is 2.30 bits per heavy atom. The SMILES string of the molecule is Nc1ccc(-c2ccccc2)cc1NC(=O)c1ccc(CCC(=O)Cc2ccccn2)cc1. The van der Waals surface area contributed by atoms with Crippen LogP contribution in [0.2, 0.25) is 0 Å². The molecule has 0 aliphatic heterocycles. The Balaban J connectivity index is 1.36. The number of hydrogen-bond acceptors (Lipinski definition) is 4. The molecule has 164 valence electrons. The number of pyridine rings is 1. The summed E-state index contributed by atoms with van der Waals surface area (Å²) in [5.74, 6) is -0.0889. The largest absolute Gasteiger partial charge is 0.397 e. The van der Waals surface area contributed by atoms with Crippen molar-refractivity contribution in [2.45, 2.75) is 19.3 Å². The molecule has 0 atom stereocenters. The highest BCUT2D eigenvalue weighted by atomic mass is 16.1. The maximum atomic E-state index is 12.8. The van der Waals surface area contributed by atoms with Gasteiger partial charge in [0.15, 0.2) is 0 Å². The van der Waals surface area contributed by atoms with Crippen LogP contribution in [0.3, 0.4) is 0 Å². The number of carbonyl (C=O) groups is 2. The van der Waals surface area contributed by atoms with E-state index >= 15 is 0 Å². The maximum absolute atomic E-state index is 12.8. The van der Waals surface area contributed by atoms with E-state index in [0.29, 0.717) is 36.2 Å². The van der Waals surface area contributed by atoms with Gasteiger partial charge >= 0.3 is 0 Å². The van der Waals surface area contributed by atoms with Gasteiger partial charge in [0.25, 0.3) is 5.91 Å². The molecule has 3 aromatic carbocycles. The highest BCUT2D eigenvalue weighted by molar-refractivity contribution is 6.06. The van der Waals surface area contributed by atoms with E-state index in [1.54, 1.807) is 24.4 Å². The molecule has 0 radical (unpaired) electrons. The molecule has 5 nitrogen and oxygen atoms in total. The molecule has 5 heteroatoms. The summed E-state index contributed by atoms with van der Waals surface area (Å²) in [5, 5.41) is 2.91. The number of amides is 1. The highest BCUT2D eigenvalue weighted by Crippen LogP contribution is 2.27. The third-order valence-electron chi connectivity index (χ3n) is 5.42. The zero-order chi connectivity index (χ0) is 23.0. The fourth-order valence-corrected chi connectivity index (χ4v) is 3.57. The van der Waals surface area contributed by atoms with Crippen LogP contribution < -0.4 is 11.1 Å². The number of carbonyl (C=O) groups excluding carboxylic acids is 2. The first-order valence-corrected chi connectivity index (χ1v) is 10.9. The monoisotopic (exact) mass is 435 g/mol. The van der Waals surface area contributed by atoms with Gasteiger partial charge in [-0.1, -0.05) is 54.6 Å². The number of Topliss-reactive ketones (excluding diaryl/α,β-unsaturated/α-hetero) is 1. The summed E-state index contributed by atoms with van der Waals surface area (Å²) in [6.07, 6.45) is 3.09. The standard InChI is InChI=1S/C28H25N3O2/c29-26-16-14-23(21-6-2-1-3-7-21)18-27(26)31-28(33)22-12-9-20(10-13-22)11-15-25(32)19-24-8-4-5-17-30-24/h1-10,12-14,16-18H,11,15,19,29H2,(H,31,33). The summed E-state index contributed by atoms with van der Waals surface area (Å²) < 4.78 is 0. The van der Waals surface area contributed by atoms with Crippen molar-refractivity contribution in [3.63, 3.8) is 0 Å². The summed E-state index contributed by atoms with van der Waals surface area (Å²) in [6, 6.07) is 28.4. The maximum Gasteiger partial charge on any atom is 0.255 e. The minimum absolute atomic E-state index is 0.143. The summed E-state index contributed by atoms with van der Waals surface area (Å²) in [5.41, 5.74) is 11.5. The van der Waals surface area contributed by atoms with E-state index in [9.17, 15) is 9.59 Å². The van der Waals surface area contributed by atoms with Crippen LogP contribution in [0.4, 0.5) is 11.4 Å². The first kappa shape index (κ1) is 22.0. The van der Waals surface area contributed by atoms with Crippen molar-refractivity contribution in [2.24, 2.45) is 0 Å². The van der Waals surface area contributed by atoms with Gasteiger partial charge in [-0.25, -0.2) is 0 Å². The number of nitrogens with one attached hydrogen (secondary N) is 1. The molecule has 0 saturated carbocycles. The fraction of sp³-hybridized carbons (Fsp3) is 0.107. The van der Waals surface area contributed by atoms with E-state index in [2.05, 4.69) is 10.3 Å². The third kappa shape index (κ3) is 5.92. The number of hydrogen-bond donors (Lipinski definition) is 2. The quantitative estimate of drug-likeness (QED) is 0.367. The van der Waals surface area contributed by atoms with Gasteiger partial charge < -0.3 is 11.1 Å². The smallest absolute Gasteiger partial charge is 0.255 e. The summed E-state index contributed by atoms with van der Waals surface area (Å²) in [6.45, 7) is 0. The lowest BCUT2D eigenvalue weighted by molar-refractivity contribution is -0.118. The van der Waals surface area contributed by atoms with E-state index in [0.717, 1.165) is 22.4 Å². The summed E-state index contributed by atoms with van der Waals surface area (Å²) in [4.78, 5) is 29.2. The van der Waals surface area contributed by atoms with Crippen LogP contribution in [0.1, 0.15) is 28.0 Å². The van der Waals surface area contributed by atoms with Crippen LogP contribution in [0.15, 0.2) is 97.2 Å². The van der Waals surface area contributed by atoms with Crippen molar-refractivity contribution in [3.05, 3.63) is 114 Å². The molecule has 4 aromatic rings. The predicted molar refractivity (Wildman–Crippen MR) is 132 cm³/mol. The molecule has 1 aromatic heterocycles. The van der Waals surface area contributed by atoms with E-state index < -0.39 is 0 Å². The second-order valence-corrected chi connectivity index (χ2v) is 7.86. The Bertz CT molecular complexity index is 1240. The topological polar surface area (TPSA) is 85.1 Å². The first-order chi connectivity index (χ1) is 16.1. The molecule has 0 fully saturated rings. The average Bonchev–Trinajstić information content (AvgIpc) is 2.85. The van der Waals surface area contributed by atoms with Crippen LogP contribution in [0, 0.1) is 0 Å². The Morgan fingerprint density at radius 2 is 1.58 bits per heavy atom. The van der Waals surface area contributed by atoms with Gasteiger partial charge in [0.2, 0.25) is 0 Å². The van der Waals surface area contributed by atoms with Gasteiger partial charge in [-0.2, -0.15) is 0 Å². The summed E-state index contributed by atoms with van der Waals surface area (Å²) in [7, 11) is 0. The van der Waals surface area contributed by atoms with Gasteiger partial charge in [0, 0.05) is 30.3 Å². The van der Waals surface area contributed by atoms with Crippen molar-refractivity contribution in [1.29, 1.82) is 0 Å². The molecule has 0 spiro atoms. The summed E-state index contributed by atoms with van der Waals surface area (Å²) >= 11 is 0. The van der Waals surface area contributed by atoms with Crippen molar-refractivity contribution >= 4 is 23.1 Å². The molecule has 3 N–H and O–H groups in total. The molecule has 0 aliphatic carbocycles. The normalized spacial score (nSPS) is 10.5. The lowest BCUT2D eigenvalue weighted by Gasteiger charge is -2.11. The van der Waals surface area contributed by atoms with Crippen molar-refractivity contribution in [3.8, 4) is 11.1 Å². The molecular weight excluding hydrogens is 410 g/mol. The molecular formula is C28H25N3O2. The van der Waals surface area contributed by atoms with Gasteiger partial charge in [-0.3, -0.25) is 14.6 Å². The zero-order valence-electron chi connectivity index (χ0n) is 18.2. The number of anilines is 2. The fourth-order valence-electron chi connectivity index (χ4n) is 3.57. The number of ketones is 1. The second-order valence-electron chi connectivity index (χ2n) is 7.86. The minimum Gasteiger partial charge on any atom is -0.397 e. The second kappa shape index (κ2) is 10.4. The molecule has 33 heavy (non-hydrogen) atoms. The van der Waals surface area contributed by atoms with Gasteiger partial charge in [0.1, 0.15) is 5.78 Å². The average molecular weight is 436 g/mol. The first-order valence-electron chi connectivity index (χ1n) is 10.9. The predicted octanol–water partition coefficient (Wildman–Crippen LogP) is 5.33. The number of aryl methyl sites for hydroxylation is 1. The van der Waals surface area contributed by atoms with E-state index in [4.69, 9.17) is 5.73 Å².